The van der Waals surface area contributed by atoms with Gasteiger partial charge >= 0.3 is 0 Å². The first-order chi connectivity index (χ1) is 12.7. The summed E-state index contributed by atoms with van der Waals surface area (Å²) >= 11 is 6.05. The lowest BCUT2D eigenvalue weighted by Gasteiger charge is -2.11. The molecule has 0 amide bonds. The highest BCUT2D eigenvalue weighted by molar-refractivity contribution is 6.30. The lowest BCUT2D eigenvalue weighted by atomic mass is 10.0. The Bertz CT molecular complexity index is 985. The molecule has 1 unspecified atom stereocenters. The van der Waals surface area contributed by atoms with Gasteiger partial charge in [0.25, 0.3) is 0 Å². The Morgan fingerprint density at radius 1 is 0.808 bits per heavy atom. The smallest absolute Gasteiger partial charge is 0.212 e. The maximum atomic E-state index is 14.4. The molecule has 2 aliphatic heterocycles. The van der Waals surface area contributed by atoms with Crippen LogP contribution in [-0.4, -0.2) is 11.8 Å². The first-order valence-corrected chi connectivity index (χ1v) is 9.11. The monoisotopic (exact) mass is 363 g/mol. The second kappa shape index (κ2) is 6.04. The zero-order valence-corrected chi connectivity index (χ0v) is 14.7. The van der Waals surface area contributed by atoms with E-state index in [4.69, 9.17) is 16.6 Å². The molecule has 0 radical (unpaired) electrons. The summed E-state index contributed by atoms with van der Waals surface area (Å²) in [5.74, 6) is -0.191. The molecule has 0 aliphatic carbocycles. The minimum absolute atomic E-state index is 0.191. The third-order valence-electron chi connectivity index (χ3n) is 5.32. The van der Waals surface area contributed by atoms with Crippen LogP contribution in [0.1, 0.15) is 28.9 Å². The van der Waals surface area contributed by atoms with Crippen LogP contribution in [0.15, 0.2) is 83.9 Å². The van der Waals surface area contributed by atoms with Crippen LogP contribution in [0.5, 0.6) is 0 Å². The van der Waals surface area contributed by atoms with Gasteiger partial charge in [-0.25, -0.2) is 9.38 Å². The summed E-state index contributed by atoms with van der Waals surface area (Å²) in [5.41, 5.74) is 4.06. The van der Waals surface area contributed by atoms with Gasteiger partial charge in [0.15, 0.2) is 12.1 Å². The van der Waals surface area contributed by atoms with Gasteiger partial charge < -0.3 is 0 Å². The van der Waals surface area contributed by atoms with Crippen molar-refractivity contribution in [2.75, 3.05) is 0 Å². The lowest BCUT2D eigenvalue weighted by molar-refractivity contribution is -0.817. The highest BCUT2D eigenvalue weighted by Gasteiger charge is 2.66. The Labute approximate surface area is 156 Å². The largest absolute Gasteiger partial charge is 0.286 e. The number of aliphatic imine (C=N–C) groups is 1. The lowest BCUT2D eigenvalue weighted by Crippen LogP contribution is -2.93. The number of quaternary nitrogens is 1. The number of halogens is 2. The van der Waals surface area contributed by atoms with Crippen molar-refractivity contribution in [2.24, 2.45) is 4.99 Å². The molecule has 3 aromatic carbocycles. The highest BCUT2D eigenvalue weighted by atomic mass is 35.5. The normalized spacial score (nSPS) is 26.3. The molecule has 26 heavy (non-hydrogen) atoms. The summed E-state index contributed by atoms with van der Waals surface area (Å²) in [6.45, 7) is 0. The molecule has 5 rings (SSSR count). The fourth-order valence-corrected chi connectivity index (χ4v) is 4.22. The van der Waals surface area contributed by atoms with Gasteiger partial charge in [0, 0.05) is 16.1 Å². The molecule has 0 saturated carbocycles. The van der Waals surface area contributed by atoms with E-state index in [1.807, 2.05) is 42.5 Å². The fourth-order valence-electron chi connectivity index (χ4n) is 4.10. The molecule has 4 heteroatoms. The second-order valence-electron chi connectivity index (χ2n) is 6.81. The zero-order valence-electron chi connectivity index (χ0n) is 13.9. The summed E-state index contributed by atoms with van der Waals surface area (Å²) in [5, 5.41) is 0.729. The molecular weight excluding hydrogens is 347 g/mol. The molecule has 128 valence electrons. The molecule has 0 bridgehead atoms. The molecule has 3 aromatic rings. The van der Waals surface area contributed by atoms with Gasteiger partial charge in [-0.15, -0.1) is 0 Å². The van der Waals surface area contributed by atoms with Crippen LogP contribution in [0.3, 0.4) is 0 Å². The van der Waals surface area contributed by atoms with Crippen molar-refractivity contribution in [3.8, 4) is 0 Å². The summed E-state index contributed by atoms with van der Waals surface area (Å²) in [7, 11) is 0. The number of fused-ring (bicyclic) bond motifs is 1. The molecule has 0 spiro atoms. The van der Waals surface area contributed by atoms with E-state index in [2.05, 4.69) is 24.3 Å². The average Bonchev–Trinajstić information content (AvgIpc) is 3.28. The van der Waals surface area contributed by atoms with Crippen molar-refractivity contribution in [2.45, 2.75) is 18.2 Å². The van der Waals surface area contributed by atoms with Gasteiger partial charge in [0.2, 0.25) is 6.17 Å². The number of benzene rings is 3. The van der Waals surface area contributed by atoms with Crippen LogP contribution in [0.25, 0.3) is 0 Å². The number of nitrogens with one attached hydrogen (secondary N) is 1. The van der Waals surface area contributed by atoms with Gasteiger partial charge in [-0.05, 0) is 24.3 Å². The van der Waals surface area contributed by atoms with E-state index in [0.717, 1.165) is 16.3 Å². The Morgan fingerprint density at radius 3 is 2.23 bits per heavy atom. The van der Waals surface area contributed by atoms with Gasteiger partial charge in [-0.2, -0.15) is 0 Å². The molecule has 2 heterocycles. The quantitative estimate of drug-likeness (QED) is 0.678. The third-order valence-corrected chi connectivity index (χ3v) is 5.57. The first-order valence-electron chi connectivity index (χ1n) is 8.73. The topological polar surface area (TPSA) is 16.8 Å². The van der Waals surface area contributed by atoms with Crippen molar-refractivity contribution in [3.63, 3.8) is 0 Å². The molecule has 1 fully saturated rings. The Balaban J connectivity index is 1.58. The van der Waals surface area contributed by atoms with E-state index < -0.39 is 0 Å². The maximum absolute atomic E-state index is 14.4. The number of hydrogen-bond donors (Lipinski definition) is 1. The number of hydrogen-bond acceptors (Lipinski definition) is 1. The minimum Gasteiger partial charge on any atom is -0.286 e. The predicted molar refractivity (Wildman–Crippen MR) is 101 cm³/mol. The molecule has 2 aliphatic rings. The van der Waals surface area contributed by atoms with Gasteiger partial charge in [0.05, 0.1) is 5.56 Å². The Morgan fingerprint density at radius 2 is 1.50 bits per heavy atom. The van der Waals surface area contributed by atoms with E-state index in [1.54, 1.807) is 6.07 Å². The summed E-state index contributed by atoms with van der Waals surface area (Å²) in [6.07, 6.45) is -0.211. The molecule has 1 saturated heterocycles. The zero-order chi connectivity index (χ0) is 17.7. The van der Waals surface area contributed by atoms with Crippen LogP contribution in [-0.2, 0) is 0 Å². The van der Waals surface area contributed by atoms with Crippen molar-refractivity contribution in [1.29, 1.82) is 0 Å². The second-order valence-corrected chi connectivity index (χ2v) is 7.25. The number of nitrogens with zero attached hydrogens (tertiary/aromatic N) is 1. The Kier molecular flexibility index (Phi) is 3.66. The fraction of sp³-hybridized carbons (Fsp3) is 0.136. The van der Waals surface area contributed by atoms with Gasteiger partial charge in [-0.3, -0.25) is 4.90 Å². The third kappa shape index (κ3) is 2.47. The first kappa shape index (κ1) is 15.7. The number of rotatable bonds is 3. The Hall–Kier alpha value is -2.49. The van der Waals surface area contributed by atoms with Crippen LogP contribution >= 0.6 is 11.6 Å². The van der Waals surface area contributed by atoms with Crippen molar-refractivity contribution in [1.82, 2.24) is 0 Å². The van der Waals surface area contributed by atoms with E-state index >= 15 is 0 Å². The average molecular weight is 364 g/mol. The summed E-state index contributed by atoms with van der Waals surface area (Å²) in [6, 6.07) is 25.7. The van der Waals surface area contributed by atoms with Crippen molar-refractivity contribution >= 4 is 17.3 Å². The standard InChI is InChI=1S/C22H16ClFN2/c23-16-12-10-15(11-13-16)20-21-19(14-6-2-1-3-7-14)25-22(26(20)21)17-8-4-5-9-18(17)24/h1-13,20-22H/p+1/t20-,21-,22-,26?/m0/s1. The van der Waals surface area contributed by atoms with Crippen LogP contribution < -0.4 is 4.90 Å². The van der Waals surface area contributed by atoms with Crippen molar-refractivity contribution in [3.05, 3.63) is 106 Å². The minimum atomic E-state index is -0.211. The van der Waals surface area contributed by atoms with Gasteiger partial charge in [0.1, 0.15) is 11.5 Å². The SMILES string of the molecule is Fc1ccccc1[C@H]1N=C(c2ccccc2)[C@H]2[C@H](c3ccc(Cl)cc3)[NH+]12. The summed E-state index contributed by atoms with van der Waals surface area (Å²) in [4.78, 5) is 6.22. The highest BCUT2D eigenvalue weighted by Crippen LogP contribution is 2.37. The maximum Gasteiger partial charge on any atom is 0.212 e. The molecular formula is C22H17ClFN2+. The van der Waals surface area contributed by atoms with E-state index in [9.17, 15) is 4.39 Å². The van der Waals surface area contributed by atoms with E-state index in [0.29, 0.717) is 5.56 Å². The predicted octanol–water partition coefficient (Wildman–Crippen LogP) is 3.99. The van der Waals surface area contributed by atoms with Crippen LogP contribution in [0.2, 0.25) is 5.02 Å². The van der Waals surface area contributed by atoms with Crippen LogP contribution in [0.4, 0.5) is 4.39 Å². The van der Waals surface area contributed by atoms with Gasteiger partial charge in [-0.1, -0.05) is 66.2 Å². The van der Waals surface area contributed by atoms with Crippen molar-refractivity contribution < 1.29 is 9.29 Å². The van der Waals surface area contributed by atoms with E-state index in [1.165, 1.54) is 16.5 Å². The molecule has 0 aromatic heterocycles. The molecule has 2 nitrogen and oxygen atoms in total. The van der Waals surface area contributed by atoms with Crippen LogP contribution in [0, 0.1) is 5.82 Å². The van der Waals surface area contributed by atoms with E-state index in [-0.39, 0.29) is 24.1 Å². The molecule has 1 N–H and O–H groups in total. The summed E-state index contributed by atoms with van der Waals surface area (Å²) < 4.78 is 14.4. The molecule has 4 atom stereocenters.